The number of carbonyl (C=O) groups is 8. The number of cyclic esters (lactones) is 1. The standard InChI is InChI=1S/C54H79N7O13/c1-9-10-11-12-13-14-15-16-44(66)56-40(27-35-17-22-38(63)23-18-35)50(69)60-48(33(4)5)52(71)57-41(30-62)43(65)29-46(68)59-47(32(2)3)51(70)55-37-21-26-45(67)58-49(34(6)7)53(72)61(8)42(54(73)74-31-37)28-36-19-24-39(64)25-20-36/h14-15,17-26,32-34,37,40-43,47-49,62-65H,9-13,16,27-31H2,1-8H3,(H,55,70)(H,56,66)(H,57,71)(H,58,67)(H,59,68)(H,60,69)/b15-14-,26-21?/t37-,40+,41+,42+,43+,47+,48+,49+/m1/s1. The first-order valence-corrected chi connectivity index (χ1v) is 25.5. The summed E-state index contributed by atoms with van der Waals surface area (Å²) in [5.41, 5.74) is 1.22. The zero-order valence-corrected chi connectivity index (χ0v) is 44.0. The number of aromatic hydroxyl groups is 2. The summed E-state index contributed by atoms with van der Waals surface area (Å²) in [6.07, 6.45) is 8.86. The summed E-state index contributed by atoms with van der Waals surface area (Å²) >= 11 is 0. The summed E-state index contributed by atoms with van der Waals surface area (Å²) in [5, 5.41) is 57.0. The molecule has 10 N–H and O–H groups in total. The first kappa shape index (κ1) is 61.5. The molecule has 1 aliphatic rings. The lowest BCUT2D eigenvalue weighted by Crippen LogP contribution is -2.59. The van der Waals surface area contributed by atoms with E-state index in [0.717, 1.165) is 38.2 Å². The van der Waals surface area contributed by atoms with Gasteiger partial charge in [0.1, 0.15) is 48.3 Å². The molecule has 1 heterocycles. The van der Waals surface area contributed by atoms with Gasteiger partial charge in [-0.3, -0.25) is 33.6 Å². The van der Waals surface area contributed by atoms with Crippen LogP contribution in [-0.4, -0.2) is 141 Å². The molecule has 0 aromatic heterocycles. The van der Waals surface area contributed by atoms with E-state index >= 15 is 0 Å². The monoisotopic (exact) mass is 1030 g/mol. The van der Waals surface area contributed by atoms with Gasteiger partial charge >= 0.3 is 5.97 Å². The largest absolute Gasteiger partial charge is 0.508 e. The van der Waals surface area contributed by atoms with Gasteiger partial charge in [0.05, 0.1) is 31.2 Å². The van der Waals surface area contributed by atoms with Crippen molar-refractivity contribution in [3.8, 4) is 11.5 Å². The highest BCUT2D eigenvalue weighted by atomic mass is 16.5. The lowest BCUT2D eigenvalue weighted by Gasteiger charge is -2.32. The molecule has 0 aliphatic carbocycles. The molecule has 7 amide bonds. The van der Waals surface area contributed by atoms with Crippen LogP contribution in [-0.2, 0) is 55.9 Å². The van der Waals surface area contributed by atoms with E-state index in [-0.39, 0.29) is 36.7 Å². The maximum absolute atomic E-state index is 13.9. The fraction of sp³-hybridized carbons (Fsp3) is 0.556. The third-order valence-electron chi connectivity index (χ3n) is 12.5. The molecule has 0 fully saturated rings. The highest BCUT2D eigenvalue weighted by molar-refractivity contribution is 5.95. The van der Waals surface area contributed by atoms with Crippen LogP contribution in [0.2, 0.25) is 0 Å². The van der Waals surface area contributed by atoms with Gasteiger partial charge in [-0.1, -0.05) is 110 Å². The number of likely N-dealkylation sites (N-methyl/N-ethyl adjacent to an activating group) is 1. The van der Waals surface area contributed by atoms with Gasteiger partial charge in [0.25, 0.3) is 0 Å². The second-order valence-electron chi connectivity index (χ2n) is 19.8. The van der Waals surface area contributed by atoms with Crippen LogP contribution in [0.3, 0.4) is 0 Å². The summed E-state index contributed by atoms with van der Waals surface area (Å²) < 4.78 is 5.66. The number of hydrogen-bond acceptors (Lipinski definition) is 13. The van der Waals surface area contributed by atoms with E-state index in [4.69, 9.17) is 4.74 Å². The van der Waals surface area contributed by atoms with Crippen LogP contribution in [0.1, 0.15) is 105 Å². The van der Waals surface area contributed by atoms with E-state index in [0.29, 0.717) is 11.1 Å². The number of aliphatic hydroxyl groups is 2. The fourth-order valence-corrected chi connectivity index (χ4v) is 7.96. The highest BCUT2D eigenvalue weighted by Gasteiger charge is 2.37. The van der Waals surface area contributed by atoms with Crippen molar-refractivity contribution in [2.45, 2.75) is 155 Å². The second kappa shape index (κ2) is 31.1. The predicted molar refractivity (Wildman–Crippen MR) is 277 cm³/mol. The second-order valence-corrected chi connectivity index (χ2v) is 19.8. The third kappa shape index (κ3) is 20.6. The van der Waals surface area contributed by atoms with Crippen molar-refractivity contribution in [3.05, 3.63) is 84.0 Å². The molecule has 1 aliphatic heterocycles. The van der Waals surface area contributed by atoms with Crippen LogP contribution < -0.4 is 31.9 Å². The number of nitrogens with zero attached hydrogens (tertiary/aromatic N) is 1. The minimum Gasteiger partial charge on any atom is -0.508 e. The van der Waals surface area contributed by atoms with Gasteiger partial charge in [-0.2, -0.15) is 0 Å². The van der Waals surface area contributed by atoms with Crippen molar-refractivity contribution >= 4 is 47.3 Å². The summed E-state index contributed by atoms with van der Waals surface area (Å²) in [5.74, 6) is -6.95. The summed E-state index contributed by atoms with van der Waals surface area (Å²) in [7, 11) is 1.42. The molecule has 2 aromatic carbocycles. The molecule has 408 valence electrons. The normalized spacial score (nSPS) is 18.6. The molecule has 20 heteroatoms. The number of aliphatic hydroxyl groups excluding tert-OH is 2. The van der Waals surface area contributed by atoms with Gasteiger partial charge in [-0.05, 0) is 66.0 Å². The van der Waals surface area contributed by atoms with E-state index in [9.17, 15) is 58.8 Å². The first-order valence-electron chi connectivity index (χ1n) is 25.5. The van der Waals surface area contributed by atoms with Crippen molar-refractivity contribution in [2.75, 3.05) is 20.3 Å². The van der Waals surface area contributed by atoms with Crippen LogP contribution >= 0.6 is 0 Å². The molecule has 8 atom stereocenters. The van der Waals surface area contributed by atoms with Crippen LogP contribution in [0.25, 0.3) is 0 Å². The van der Waals surface area contributed by atoms with Crippen molar-refractivity contribution in [1.82, 2.24) is 36.8 Å². The molecular weight excluding hydrogens is 955 g/mol. The van der Waals surface area contributed by atoms with Crippen molar-refractivity contribution < 1.29 is 63.5 Å². The van der Waals surface area contributed by atoms with E-state index in [1.165, 1.54) is 42.3 Å². The Kier molecular flexibility index (Phi) is 25.8. The van der Waals surface area contributed by atoms with Crippen LogP contribution in [0.15, 0.2) is 72.8 Å². The smallest absolute Gasteiger partial charge is 0.329 e. The van der Waals surface area contributed by atoms with Gasteiger partial charge in [0, 0.05) is 32.4 Å². The number of nitrogens with one attached hydrogen (secondary N) is 6. The molecule has 3 rings (SSSR count). The lowest BCUT2D eigenvalue weighted by molar-refractivity contribution is -0.156. The quantitative estimate of drug-likeness (QED) is 0.0368. The molecule has 0 spiro atoms. The number of phenolic OH excluding ortho intramolecular Hbond substituents is 2. The number of allylic oxidation sites excluding steroid dienone is 1. The first-order chi connectivity index (χ1) is 35.0. The Morgan fingerprint density at radius 3 is 1.96 bits per heavy atom. The number of ether oxygens (including phenoxy) is 1. The fourth-order valence-electron chi connectivity index (χ4n) is 7.96. The topological polar surface area (TPSA) is 302 Å². The average Bonchev–Trinajstić information content (AvgIpc) is 3.35. The van der Waals surface area contributed by atoms with E-state index < -0.39 is 127 Å². The van der Waals surface area contributed by atoms with Gasteiger partial charge < -0.3 is 62.0 Å². The maximum atomic E-state index is 13.9. The SMILES string of the molecule is CCCCCC/C=C\CC(=O)N[C@@H](Cc1ccc(O)cc1)C(=O)N[C@H](C(=O)N[C@@H](CO)[C@@H](O)CC(=O)N[C@H](C(=O)N[C@@H]1C=CC(=O)N[C@@H](C(C)C)C(=O)N(C)[C@@H](Cc2ccc(O)cc2)C(=O)OC1)C(C)C)C(C)C. The Bertz CT molecular complexity index is 2230. The van der Waals surface area contributed by atoms with Crippen molar-refractivity contribution in [3.63, 3.8) is 0 Å². The Morgan fingerprint density at radius 2 is 1.38 bits per heavy atom. The number of benzene rings is 2. The van der Waals surface area contributed by atoms with Crippen molar-refractivity contribution in [1.29, 1.82) is 0 Å². The molecule has 0 bridgehead atoms. The number of amides is 7. The van der Waals surface area contributed by atoms with E-state index in [1.54, 1.807) is 71.9 Å². The molecule has 0 saturated carbocycles. The third-order valence-corrected chi connectivity index (χ3v) is 12.5. The summed E-state index contributed by atoms with van der Waals surface area (Å²) in [6, 6.07) is 3.83. The Balaban J connectivity index is 1.72. The minimum absolute atomic E-state index is 0.00189. The lowest BCUT2D eigenvalue weighted by atomic mass is 9.99. The van der Waals surface area contributed by atoms with E-state index in [1.807, 2.05) is 6.08 Å². The summed E-state index contributed by atoms with van der Waals surface area (Å²) in [6.45, 7) is 10.9. The number of hydrogen-bond donors (Lipinski definition) is 10. The predicted octanol–water partition coefficient (Wildman–Crippen LogP) is 2.36. The Labute approximate surface area is 434 Å². The zero-order valence-electron chi connectivity index (χ0n) is 44.0. The molecular formula is C54H79N7O13. The highest BCUT2D eigenvalue weighted by Crippen LogP contribution is 2.18. The van der Waals surface area contributed by atoms with Crippen LogP contribution in [0.5, 0.6) is 11.5 Å². The van der Waals surface area contributed by atoms with Crippen LogP contribution in [0, 0.1) is 17.8 Å². The van der Waals surface area contributed by atoms with Crippen molar-refractivity contribution in [2.24, 2.45) is 17.8 Å². The average molecular weight is 1030 g/mol. The summed E-state index contributed by atoms with van der Waals surface area (Å²) in [4.78, 5) is 110. The van der Waals surface area contributed by atoms with E-state index in [2.05, 4.69) is 38.8 Å². The van der Waals surface area contributed by atoms with Gasteiger partial charge in [0.2, 0.25) is 41.4 Å². The number of phenols is 2. The zero-order chi connectivity index (χ0) is 55.1. The molecule has 20 nitrogen and oxygen atoms in total. The molecule has 74 heavy (non-hydrogen) atoms. The van der Waals surface area contributed by atoms with Gasteiger partial charge in [0.15, 0.2) is 0 Å². The molecule has 0 radical (unpaired) electrons. The minimum atomic E-state index is -1.69. The maximum Gasteiger partial charge on any atom is 0.329 e. The number of unbranched alkanes of at least 4 members (excludes halogenated alkanes) is 4. The Hall–Kier alpha value is -6.80. The molecule has 0 saturated heterocycles. The Morgan fingerprint density at radius 1 is 0.770 bits per heavy atom. The van der Waals surface area contributed by atoms with Crippen LogP contribution in [0.4, 0.5) is 0 Å². The number of esters is 1. The molecule has 2 aromatic rings. The number of rotatable bonds is 26. The van der Waals surface area contributed by atoms with Gasteiger partial charge in [-0.25, -0.2) is 4.79 Å². The molecule has 0 unspecified atom stereocenters. The van der Waals surface area contributed by atoms with Gasteiger partial charge in [-0.15, -0.1) is 0 Å². The number of carbonyl (C=O) groups excluding carboxylic acids is 8.